The fourth-order valence-corrected chi connectivity index (χ4v) is 3.38. The van der Waals surface area contributed by atoms with Gasteiger partial charge in [0.25, 0.3) is 0 Å². The number of aryl methyl sites for hydroxylation is 1. The lowest BCUT2D eigenvalue weighted by atomic mass is 9.90. The molecular weight excluding hydrogens is 308 g/mol. The Kier molecular flexibility index (Phi) is 5.37. The number of nitrogens with one attached hydrogen (secondary N) is 1. The minimum Gasteiger partial charge on any atom is -0.346 e. The maximum Gasteiger partial charge on any atom is 0.144 e. The van der Waals surface area contributed by atoms with Gasteiger partial charge in [0, 0.05) is 11.6 Å². The summed E-state index contributed by atoms with van der Waals surface area (Å²) in [6.45, 7) is 2.15. The van der Waals surface area contributed by atoms with Crippen LogP contribution in [0.2, 0.25) is 0 Å². The molecule has 0 bridgehead atoms. The second-order valence-corrected chi connectivity index (χ2v) is 6.30. The third-order valence-electron chi connectivity index (χ3n) is 3.80. The van der Waals surface area contributed by atoms with E-state index in [9.17, 15) is 0 Å². The number of hydrogen-bond acceptors (Lipinski definition) is 2. The fourth-order valence-electron chi connectivity index (χ4n) is 2.69. The topological polar surface area (TPSA) is 28.7 Å². The average Bonchev–Trinajstić information content (AvgIpc) is 2.32. The smallest absolute Gasteiger partial charge is 0.144 e. The quantitative estimate of drug-likeness (QED) is 0.747. The van der Waals surface area contributed by atoms with Gasteiger partial charge >= 0.3 is 0 Å². The van der Waals surface area contributed by atoms with Gasteiger partial charge in [-0.2, -0.15) is 0 Å². The summed E-state index contributed by atoms with van der Waals surface area (Å²) in [5.41, 5.74) is 1.19. The molecule has 0 atom stereocenters. The first-order valence-electron chi connectivity index (χ1n) is 7.01. The van der Waals surface area contributed by atoms with Crippen molar-refractivity contribution < 1.29 is 0 Å². The van der Waals surface area contributed by atoms with Crippen molar-refractivity contribution in [3.05, 3.63) is 20.6 Å². The van der Waals surface area contributed by atoms with Crippen molar-refractivity contribution in [1.82, 2.24) is 9.97 Å². The van der Waals surface area contributed by atoms with Crippen molar-refractivity contribution in [2.24, 2.45) is 0 Å². The molecule has 100 valence electrons. The summed E-state index contributed by atoms with van der Waals surface area (Å²) in [6.07, 6.45) is 10.3. The van der Waals surface area contributed by atoms with Crippen molar-refractivity contribution >= 4 is 28.1 Å². The van der Waals surface area contributed by atoms with Gasteiger partial charge in [-0.15, -0.1) is 0 Å². The average molecular weight is 329 g/mol. The van der Waals surface area contributed by atoms with E-state index in [0.29, 0.717) is 10.6 Å². The summed E-state index contributed by atoms with van der Waals surface area (Å²) < 4.78 is 1.68. The van der Waals surface area contributed by atoms with Gasteiger partial charge in [-0.1, -0.05) is 51.2 Å². The van der Waals surface area contributed by atoms with Gasteiger partial charge in [0.15, 0.2) is 0 Å². The lowest BCUT2D eigenvalue weighted by Gasteiger charge is -2.20. The molecule has 0 aliphatic heterocycles. The lowest BCUT2D eigenvalue weighted by molar-refractivity contribution is 0.441. The zero-order valence-corrected chi connectivity index (χ0v) is 13.4. The molecule has 2 nitrogen and oxygen atoms in total. The van der Waals surface area contributed by atoms with E-state index in [-0.39, 0.29) is 0 Å². The zero-order chi connectivity index (χ0) is 13.0. The molecule has 18 heavy (non-hydrogen) atoms. The summed E-state index contributed by atoms with van der Waals surface area (Å²) in [4.78, 5) is 8.09. The minimum absolute atomic E-state index is 0.574. The van der Waals surface area contributed by atoms with Crippen LogP contribution in [0.15, 0.2) is 4.47 Å². The van der Waals surface area contributed by atoms with Crippen LogP contribution in [0.4, 0.5) is 0 Å². The largest absolute Gasteiger partial charge is 0.346 e. The van der Waals surface area contributed by atoms with E-state index in [4.69, 9.17) is 12.2 Å². The standard InChI is InChI=1S/C14H21BrN2S/c1-2-11-12(15)14(18)17-13(16-11)10-8-6-4-3-5-7-9-10/h10H,2-9H2,1H3,(H,16,17,18). The van der Waals surface area contributed by atoms with Crippen LogP contribution in [0.5, 0.6) is 0 Å². The Morgan fingerprint density at radius 2 is 1.83 bits per heavy atom. The first-order chi connectivity index (χ1) is 8.72. The summed E-state index contributed by atoms with van der Waals surface area (Å²) in [7, 11) is 0. The number of aromatic nitrogens is 2. The number of halogens is 1. The molecule has 1 heterocycles. The third-order valence-corrected chi connectivity index (χ3v) is 5.21. The van der Waals surface area contributed by atoms with E-state index < -0.39 is 0 Å². The van der Waals surface area contributed by atoms with Crippen molar-refractivity contribution in [2.75, 3.05) is 0 Å². The number of hydrogen-bond donors (Lipinski definition) is 1. The highest BCUT2D eigenvalue weighted by Gasteiger charge is 2.17. The molecule has 1 saturated carbocycles. The Bertz CT molecular complexity index is 448. The van der Waals surface area contributed by atoms with Gasteiger partial charge in [-0.05, 0) is 35.2 Å². The van der Waals surface area contributed by atoms with Crippen LogP contribution in [0, 0.1) is 4.64 Å². The molecule has 0 saturated heterocycles. The number of aromatic amines is 1. The normalized spacial score (nSPS) is 18.3. The molecule has 0 radical (unpaired) electrons. The van der Waals surface area contributed by atoms with Crippen LogP contribution in [-0.2, 0) is 6.42 Å². The molecule has 1 aliphatic carbocycles. The van der Waals surface area contributed by atoms with Crippen molar-refractivity contribution in [1.29, 1.82) is 0 Å². The van der Waals surface area contributed by atoms with Gasteiger partial charge in [0.2, 0.25) is 0 Å². The number of rotatable bonds is 2. The molecule has 0 aromatic carbocycles. The second kappa shape index (κ2) is 6.80. The maximum atomic E-state index is 5.35. The van der Waals surface area contributed by atoms with Gasteiger partial charge in [-0.25, -0.2) is 4.98 Å². The molecule has 4 heteroatoms. The maximum absolute atomic E-state index is 5.35. The Morgan fingerprint density at radius 1 is 1.22 bits per heavy atom. The molecular formula is C14H21BrN2S. The van der Waals surface area contributed by atoms with Crippen LogP contribution < -0.4 is 0 Å². The first kappa shape index (κ1) is 14.2. The predicted octanol–water partition coefficient (Wildman–Crippen LogP) is 5.29. The fraction of sp³-hybridized carbons (Fsp3) is 0.714. The molecule has 1 aromatic rings. The lowest BCUT2D eigenvalue weighted by Crippen LogP contribution is -2.09. The van der Waals surface area contributed by atoms with Gasteiger partial charge < -0.3 is 4.98 Å². The second-order valence-electron chi connectivity index (χ2n) is 5.12. The summed E-state index contributed by atoms with van der Waals surface area (Å²) in [6, 6.07) is 0. The molecule has 2 rings (SSSR count). The predicted molar refractivity (Wildman–Crippen MR) is 81.6 cm³/mol. The molecule has 0 amide bonds. The highest BCUT2D eigenvalue weighted by atomic mass is 79.9. The molecule has 1 aliphatic rings. The van der Waals surface area contributed by atoms with Gasteiger partial charge in [0.1, 0.15) is 10.5 Å². The van der Waals surface area contributed by atoms with Crippen LogP contribution in [0.1, 0.15) is 69.3 Å². The Balaban J connectivity index is 2.25. The van der Waals surface area contributed by atoms with E-state index in [1.165, 1.54) is 50.6 Å². The van der Waals surface area contributed by atoms with Crippen LogP contribution in [0.25, 0.3) is 0 Å². The molecule has 1 fully saturated rings. The number of H-pyrrole nitrogens is 1. The van der Waals surface area contributed by atoms with Gasteiger partial charge in [0.05, 0.1) is 4.47 Å². The molecule has 1 aromatic heterocycles. The van der Waals surface area contributed by atoms with Crippen LogP contribution in [-0.4, -0.2) is 9.97 Å². The van der Waals surface area contributed by atoms with E-state index in [1.54, 1.807) is 0 Å². The van der Waals surface area contributed by atoms with Crippen molar-refractivity contribution in [3.63, 3.8) is 0 Å². The SMILES string of the molecule is CCc1[nH]c(C2CCCCCCC2)nc(=S)c1Br. The minimum atomic E-state index is 0.574. The van der Waals surface area contributed by atoms with Crippen molar-refractivity contribution in [3.8, 4) is 0 Å². The summed E-state index contributed by atoms with van der Waals surface area (Å²) in [5.74, 6) is 1.69. The zero-order valence-electron chi connectivity index (χ0n) is 11.0. The Morgan fingerprint density at radius 3 is 2.44 bits per heavy atom. The monoisotopic (exact) mass is 328 g/mol. The molecule has 0 spiro atoms. The third kappa shape index (κ3) is 3.41. The Labute approximate surface area is 123 Å². The van der Waals surface area contributed by atoms with E-state index >= 15 is 0 Å². The highest BCUT2D eigenvalue weighted by Crippen LogP contribution is 2.30. The van der Waals surface area contributed by atoms with Gasteiger partial charge in [-0.3, -0.25) is 0 Å². The first-order valence-corrected chi connectivity index (χ1v) is 8.21. The Hall–Kier alpha value is -0.220. The van der Waals surface area contributed by atoms with Crippen molar-refractivity contribution in [2.45, 2.75) is 64.2 Å². The van der Waals surface area contributed by atoms with E-state index in [1.807, 2.05) is 0 Å². The van der Waals surface area contributed by atoms with E-state index in [2.05, 4.69) is 32.8 Å². The summed E-state index contributed by atoms with van der Waals surface area (Å²) in [5, 5.41) is 0. The highest BCUT2D eigenvalue weighted by molar-refractivity contribution is 9.10. The van der Waals surface area contributed by atoms with Crippen LogP contribution in [0.3, 0.4) is 0 Å². The molecule has 0 unspecified atom stereocenters. The summed E-state index contributed by atoms with van der Waals surface area (Å²) >= 11 is 8.88. The number of nitrogens with zero attached hydrogens (tertiary/aromatic N) is 1. The molecule has 1 N–H and O–H groups in total. The van der Waals surface area contributed by atoms with E-state index in [0.717, 1.165) is 16.7 Å². The van der Waals surface area contributed by atoms with Crippen LogP contribution >= 0.6 is 28.1 Å².